The predicted octanol–water partition coefficient (Wildman–Crippen LogP) is 1.99. The zero-order valence-corrected chi connectivity index (χ0v) is 7.83. The van der Waals surface area contributed by atoms with Crippen molar-refractivity contribution >= 4 is 5.78 Å². The lowest BCUT2D eigenvalue weighted by molar-refractivity contribution is -0.118. The van der Waals surface area contributed by atoms with Gasteiger partial charge in [-0.25, -0.2) is 0 Å². The molecule has 13 heavy (non-hydrogen) atoms. The van der Waals surface area contributed by atoms with E-state index in [1.165, 1.54) is 0 Å². The Morgan fingerprint density at radius 3 is 2.92 bits per heavy atom. The van der Waals surface area contributed by atoms with Crippen LogP contribution in [0.1, 0.15) is 13.3 Å². The minimum Gasteiger partial charge on any atom is -0.501 e. The fraction of sp³-hybridized carbons (Fsp3) is 0.364. The average Bonchev–Trinajstić information content (AvgIpc) is 2.42. The van der Waals surface area contributed by atoms with Crippen molar-refractivity contribution in [2.75, 3.05) is 7.11 Å². The van der Waals surface area contributed by atoms with Crippen LogP contribution in [0.5, 0.6) is 0 Å². The summed E-state index contributed by atoms with van der Waals surface area (Å²) < 4.78 is 5.15. The number of ketones is 1. The van der Waals surface area contributed by atoms with Crippen LogP contribution in [0.25, 0.3) is 0 Å². The number of rotatable bonds is 1. The second-order valence-electron chi connectivity index (χ2n) is 3.58. The summed E-state index contributed by atoms with van der Waals surface area (Å²) in [5, 5.41) is 0. The van der Waals surface area contributed by atoms with Crippen molar-refractivity contribution in [2.45, 2.75) is 13.3 Å². The van der Waals surface area contributed by atoms with Crippen LogP contribution in [0, 0.1) is 5.41 Å². The highest BCUT2D eigenvalue weighted by Gasteiger charge is 2.38. The Morgan fingerprint density at radius 1 is 1.46 bits per heavy atom. The van der Waals surface area contributed by atoms with Gasteiger partial charge in [-0.1, -0.05) is 12.2 Å². The van der Waals surface area contributed by atoms with Crippen LogP contribution in [0.3, 0.4) is 0 Å². The van der Waals surface area contributed by atoms with Crippen molar-refractivity contribution in [3.05, 3.63) is 35.6 Å². The van der Waals surface area contributed by atoms with E-state index in [1.54, 1.807) is 13.2 Å². The number of allylic oxidation sites excluding steroid dienone is 5. The fourth-order valence-electron chi connectivity index (χ4n) is 1.82. The molecule has 2 aliphatic carbocycles. The normalized spacial score (nSPS) is 31.1. The van der Waals surface area contributed by atoms with Gasteiger partial charge in [0.2, 0.25) is 0 Å². The second kappa shape index (κ2) is 2.59. The maximum atomic E-state index is 11.6. The lowest BCUT2D eigenvalue weighted by Crippen LogP contribution is -2.24. The Bertz CT molecular complexity index is 347. The third-order valence-electron chi connectivity index (χ3n) is 2.76. The molecule has 0 saturated carbocycles. The molecule has 0 spiro atoms. The molecule has 68 valence electrons. The highest BCUT2D eigenvalue weighted by atomic mass is 16.5. The first-order valence-electron chi connectivity index (χ1n) is 4.36. The molecule has 0 aromatic carbocycles. The minimum atomic E-state index is -0.455. The van der Waals surface area contributed by atoms with Gasteiger partial charge in [-0.15, -0.1) is 0 Å². The SMILES string of the molecule is COC1=CC2(C)C(=O)C=CC2=CC1. The molecule has 0 aromatic heterocycles. The molecule has 0 fully saturated rings. The number of hydrogen-bond acceptors (Lipinski definition) is 2. The summed E-state index contributed by atoms with van der Waals surface area (Å²) in [5.74, 6) is 1.02. The molecule has 1 atom stereocenters. The van der Waals surface area contributed by atoms with Gasteiger partial charge >= 0.3 is 0 Å². The van der Waals surface area contributed by atoms with E-state index < -0.39 is 5.41 Å². The summed E-state index contributed by atoms with van der Waals surface area (Å²) in [6, 6.07) is 0. The van der Waals surface area contributed by atoms with E-state index >= 15 is 0 Å². The van der Waals surface area contributed by atoms with E-state index in [1.807, 2.05) is 19.1 Å². The van der Waals surface area contributed by atoms with Gasteiger partial charge < -0.3 is 4.74 Å². The molecular weight excluding hydrogens is 164 g/mol. The molecule has 0 saturated heterocycles. The molecule has 0 amide bonds. The van der Waals surface area contributed by atoms with Crippen molar-refractivity contribution in [1.82, 2.24) is 0 Å². The Balaban J connectivity index is 2.43. The zero-order chi connectivity index (χ0) is 9.47. The monoisotopic (exact) mass is 176 g/mol. The second-order valence-corrected chi connectivity index (χ2v) is 3.58. The van der Waals surface area contributed by atoms with E-state index in [2.05, 4.69) is 6.08 Å². The largest absolute Gasteiger partial charge is 0.501 e. The summed E-state index contributed by atoms with van der Waals surface area (Å²) >= 11 is 0. The average molecular weight is 176 g/mol. The molecule has 2 rings (SSSR count). The topological polar surface area (TPSA) is 26.3 Å². The molecule has 0 bridgehead atoms. The van der Waals surface area contributed by atoms with Crippen LogP contribution in [0.4, 0.5) is 0 Å². The molecule has 0 radical (unpaired) electrons. The number of carbonyl (C=O) groups is 1. The summed E-state index contributed by atoms with van der Waals surface area (Å²) in [6.07, 6.45) is 8.30. The molecule has 2 aliphatic rings. The highest BCUT2D eigenvalue weighted by molar-refractivity contribution is 6.03. The minimum absolute atomic E-state index is 0.146. The molecule has 0 heterocycles. The van der Waals surface area contributed by atoms with Gasteiger partial charge in [0, 0.05) is 6.42 Å². The van der Waals surface area contributed by atoms with Crippen LogP contribution >= 0.6 is 0 Å². The first-order chi connectivity index (χ1) is 6.16. The Morgan fingerprint density at radius 2 is 2.23 bits per heavy atom. The fourth-order valence-corrected chi connectivity index (χ4v) is 1.82. The summed E-state index contributed by atoms with van der Waals surface area (Å²) in [5.41, 5.74) is 0.641. The van der Waals surface area contributed by atoms with Crippen molar-refractivity contribution in [3.63, 3.8) is 0 Å². The lowest BCUT2D eigenvalue weighted by Gasteiger charge is -2.25. The molecule has 2 nitrogen and oxygen atoms in total. The highest BCUT2D eigenvalue weighted by Crippen LogP contribution is 2.40. The number of carbonyl (C=O) groups excluding carboxylic acids is 1. The van der Waals surface area contributed by atoms with Crippen molar-refractivity contribution in [1.29, 1.82) is 0 Å². The van der Waals surface area contributed by atoms with Crippen LogP contribution in [-0.2, 0) is 9.53 Å². The van der Waals surface area contributed by atoms with Crippen LogP contribution in [0.15, 0.2) is 35.6 Å². The first-order valence-corrected chi connectivity index (χ1v) is 4.36. The van der Waals surface area contributed by atoms with Gasteiger partial charge in [0.1, 0.15) is 0 Å². The number of ether oxygens (including phenoxy) is 1. The molecule has 1 unspecified atom stereocenters. The Hall–Kier alpha value is -1.31. The van der Waals surface area contributed by atoms with Gasteiger partial charge in [0.25, 0.3) is 0 Å². The molecule has 2 heteroatoms. The number of hydrogen-bond donors (Lipinski definition) is 0. The summed E-state index contributed by atoms with van der Waals surface area (Å²) in [4.78, 5) is 11.6. The van der Waals surface area contributed by atoms with E-state index in [0.29, 0.717) is 0 Å². The molecule has 0 aliphatic heterocycles. The van der Waals surface area contributed by atoms with E-state index in [0.717, 1.165) is 17.8 Å². The lowest BCUT2D eigenvalue weighted by atomic mass is 9.79. The van der Waals surface area contributed by atoms with Crippen LogP contribution < -0.4 is 0 Å². The molecule has 0 aromatic rings. The van der Waals surface area contributed by atoms with Gasteiger partial charge in [-0.2, -0.15) is 0 Å². The van der Waals surface area contributed by atoms with E-state index in [9.17, 15) is 4.79 Å². The van der Waals surface area contributed by atoms with Gasteiger partial charge in [0.15, 0.2) is 5.78 Å². The third-order valence-corrected chi connectivity index (χ3v) is 2.76. The van der Waals surface area contributed by atoms with E-state index in [-0.39, 0.29) is 5.78 Å². The van der Waals surface area contributed by atoms with E-state index in [4.69, 9.17) is 4.74 Å². The van der Waals surface area contributed by atoms with Gasteiger partial charge in [-0.05, 0) is 24.6 Å². The first kappa shape index (κ1) is 8.30. The number of fused-ring (bicyclic) bond motifs is 1. The Labute approximate surface area is 77.6 Å². The van der Waals surface area contributed by atoms with Gasteiger partial charge in [-0.3, -0.25) is 4.79 Å². The predicted molar refractivity (Wildman–Crippen MR) is 50.0 cm³/mol. The summed E-state index contributed by atoms with van der Waals surface area (Å²) in [7, 11) is 1.64. The smallest absolute Gasteiger partial charge is 0.169 e. The maximum absolute atomic E-state index is 11.6. The number of methoxy groups -OCH3 is 1. The van der Waals surface area contributed by atoms with Crippen molar-refractivity contribution < 1.29 is 9.53 Å². The third kappa shape index (κ3) is 1.05. The molecule has 0 N–H and O–H groups in total. The summed E-state index contributed by atoms with van der Waals surface area (Å²) in [6.45, 7) is 1.93. The molecular formula is C11H12O2. The van der Waals surface area contributed by atoms with Crippen molar-refractivity contribution in [2.24, 2.45) is 5.41 Å². The zero-order valence-electron chi connectivity index (χ0n) is 7.83. The maximum Gasteiger partial charge on any atom is 0.169 e. The van der Waals surface area contributed by atoms with Crippen LogP contribution in [0.2, 0.25) is 0 Å². The quantitative estimate of drug-likeness (QED) is 0.610. The Kier molecular flexibility index (Phi) is 1.65. The van der Waals surface area contributed by atoms with Gasteiger partial charge in [0.05, 0.1) is 18.3 Å². The standard InChI is InChI=1S/C11H12O2/c1-11-7-9(13-2)5-3-8(11)4-6-10(11)12/h3-4,6-7H,5H2,1-2H3. The van der Waals surface area contributed by atoms with Crippen LogP contribution in [-0.4, -0.2) is 12.9 Å². The van der Waals surface area contributed by atoms with Crippen molar-refractivity contribution in [3.8, 4) is 0 Å².